The highest BCUT2D eigenvalue weighted by molar-refractivity contribution is 5.93. The molecule has 2 heterocycles. The van der Waals surface area contributed by atoms with Crippen molar-refractivity contribution in [3.8, 4) is 5.75 Å². The van der Waals surface area contributed by atoms with Crippen LogP contribution >= 0.6 is 0 Å². The van der Waals surface area contributed by atoms with Gasteiger partial charge in [0.05, 0.1) is 43.2 Å². The molecule has 1 aliphatic rings. The van der Waals surface area contributed by atoms with Crippen molar-refractivity contribution in [3.05, 3.63) is 60.3 Å². The third-order valence-electron chi connectivity index (χ3n) is 6.36. The second-order valence-electron chi connectivity index (χ2n) is 8.69. The number of hydrogen-bond acceptors (Lipinski definition) is 6. The molecular formula is C27H35N3O5. The molecule has 8 heteroatoms. The van der Waals surface area contributed by atoms with Crippen LogP contribution in [0.1, 0.15) is 16.8 Å². The minimum absolute atomic E-state index is 0.249. The number of nitrogens with zero attached hydrogens (tertiary/aromatic N) is 3. The Bertz CT molecular complexity index is 1090. The number of fused-ring (bicyclic) bond motifs is 1. The van der Waals surface area contributed by atoms with Gasteiger partial charge in [0.25, 0.3) is 0 Å². The zero-order chi connectivity index (χ0) is 24.5. The molecule has 2 aromatic carbocycles. The molecule has 1 fully saturated rings. The Hall–Kier alpha value is -3.07. The number of aromatic carboxylic acids is 1. The predicted octanol–water partition coefficient (Wildman–Crippen LogP) is 3.59. The van der Waals surface area contributed by atoms with Crippen molar-refractivity contribution in [3.63, 3.8) is 0 Å². The molecule has 1 saturated heterocycles. The number of rotatable bonds is 13. The van der Waals surface area contributed by atoms with Gasteiger partial charge in [-0.2, -0.15) is 0 Å². The molecule has 8 nitrogen and oxygen atoms in total. The molecule has 1 N–H and O–H groups in total. The molecule has 1 aliphatic heterocycles. The largest absolute Gasteiger partial charge is 0.494 e. The van der Waals surface area contributed by atoms with E-state index in [4.69, 9.17) is 19.3 Å². The summed E-state index contributed by atoms with van der Waals surface area (Å²) in [6, 6.07) is 15.2. The van der Waals surface area contributed by atoms with Crippen molar-refractivity contribution in [2.45, 2.75) is 13.0 Å². The van der Waals surface area contributed by atoms with Crippen molar-refractivity contribution in [1.82, 2.24) is 9.47 Å². The topological polar surface area (TPSA) is 76.4 Å². The van der Waals surface area contributed by atoms with Crippen molar-refractivity contribution in [2.75, 3.05) is 71.2 Å². The Labute approximate surface area is 206 Å². The summed E-state index contributed by atoms with van der Waals surface area (Å²) in [5, 5.41) is 10.4. The van der Waals surface area contributed by atoms with E-state index in [0.717, 1.165) is 45.7 Å². The summed E-state index contributed by atoms with van der Waals surface area (Å²) in [5.74, 6) is -0.331. The zero-order valence-corrected chi connectivity index (χ0v) is 20.4. The van der Waals surface area contributed by atoms with Gasteiger partial charge in [0, 0.05) is 58.0 Å². The maximum Gasteiger partial charge on any atom is 0.335 e. The van der Waals surface area contributed by atoms with Gasteiger partial charge in [0.15, 0.2) is 0 Å². The molecule has 0 amide bonds. The summed E-state index contributed by atoms with van der Waals surface area (Å²) < 4.78 is 18.8. The molecule has 35 heavy (non-hydrogen) atoms. The highest BCUT2D eigenvalue weighted by atomic mass is 16.5. The number of hydrogen-bond donors (Lipinski definition) is 1. The molecule has 0 radical (unpaired) electrons. The van der Waals surface area contributed by atoms with Crippen LogP contribution in [0, 0.1) is 0 Å². The smallest absolute Gasteiger partial charge is 0.335 e. The van der Waals surface area contributed by atoms with E-state index in [1.165, 1.54) is 16.6 Å². The van der Waals surface area contributed by atoms with Crippen molar-refractivity contribution < 1.29 is 24.1 Å². The number of aromatic nitrogens is 1. The van der Waals surface area contributed by atoms with Gasteiger partial charge in [0.2, 0.25) is 0 Å². The van der Waals surface area contributed by atoms with E-state index in [2.05, 4.69) is 44.8 Å². The van der Waals surface area contributed by atoms with Gasteiger partial charge >= 0.3 is 5.97 Å². The van der Waals surface area contributed by atoms with Crippen LogP contribution in [-0.2, 0) is 16.0 Å². The number of carboxylic acid groups (broad SMARTS) is 1. The van der Waals surface area contributed by atoms with Gasteiger partial charge in [-0.05, 0) is 30.7 Å². The highest BCUT2D eigenvalue weighted by Crippen LogP contribution is 2.30. The summed E-state index contributed by atoms with van der Waals surface area (Å²) in [6.07, 6.45) is 3.17. The van der Waals surface area contributed by atoms with E-state index in [1.807, 2.05) is 0 Å². The highest BCUT2D eigenvalue weighted by Gasteiger charge is 2.20. The van der Waals surface area contributed by atoms with E-state index in [0.29, 0.717) is 32.2 Å². The Balaban J connectivity index is 1.25. The van der Waals surface area contributed by atoms with E-state index < -0.39 is 5.97 Å². The Kier molecular flexibility index (Phi) is 9.00. The van der Waals surface area contributed by atoms with Crippen LogP contribution in [0.2, 0.25) is 0 Å². The van der Waals surface area contributed by atoms with Crippen LogP contribution < -0.4 is 9.64 Å². The van der Waals surface area contributed by atoms with Crippen molar-refractivity contribution in [2.24, 2.45) is 0 Å². The number of piperazine rings is 1. The number of para-hydroxylation sites is 1. The minimum Gasteiger partial charge on any atom is -0.494 e. The van der Waals surface area contributed by atoms with Crippen LogP contribution in [0.3, 0.4) is 0 Å². The van der Waals surface area contributed by atoms with Gasteiger partial charge in [-0.3, -0.25) is 4.90 Å². The third-order valence-corrected chi connectivity index (χ3v) is 6.36. The number of benzene rings is 2. The second-order valence-corrected chi connectivity index (χ2v) is 8.69. The molecule has 0 bridgehead atoms. The van der Waals surface area contributed by atoms with E-state index in [1.54, 1.807) is 31.4 Å². The summed E-state index contributed by atoms with van der Waals surface area (Å²) in [7, 11) is 1.69. The Morgan fingerprint density at radius 2 is 1.77 bits per heavy atom. The quantitative estimate of drug-likeness (QED) is 0.374. The Morgan fingerprint density at radius 1 is 0.943 bits per heavy atom. The second kappa shape index (κ2) is 12.6. The molecule has 1 aromatic heterocycles. The Morgan fingerprint density at radius 3 is 2.57 bits per heavy atom. The first-order valence-corrected chi connectivity index (χ1v) is 12.2. The predicted molar refractivity (Wildman–Crippen MR) is 137 cm³/mol. The molecule has 0 atom stereocenters. The van der Waals surface area contributed by atoms with Crippen LogP contribution in [0.15, 0.2) is 54.7 Å². The van der Waals surface area contributed by atoms with Crippen molar-refractivity contribution in [1.29, 1.82) is 0 Å². The van der Waals surface area contributed by atoms with Crippen LogP contribution in [0.5, 0.6) is 5.75 Å². The summed E-state index contributed by atoms with van der Waals surface area (Å²) in [5.41, 5.74) is 2.78. The molecule has 0 spiro atoms. The summed E-state index contributed by atoms with van der Waals surface area (Å²) in [6.45, 7) is 8.24. The van der Waals surface area contributed by atoms with Gasteiger partial charge in [0.1, 0.15) is 5.75 Å². The van der Waals surface area contributed by atoms with E-state index >= 15 is 0 Å². The standard InChI is InChI=1S/C27H35N3O5/c1-33-18-19-34-17-15-30-21-26(24-8-2-3-9-25(24)30)29-13-11-28(12-14-29)10-5-16-35-23-7-4-6-22(20-23)27(31)32/h2-4,6-9,20-21H,5,10-19H2,1H3,(H,31,32). The fraction of sp³-hybridized carbons (Fsp3) is 0.444. The SMILES string of the molecule is COCCOCCn1cc(N2CCN(CCCOc3cccc(C(=O)O)c3)CC2)c2ccccc21. The average Bonchev–Trinajstić information content (AvgIpc) is 3.26. The summed E-state index contributed by atoms with van der Waals surface area (Å²) in [4.78, 5) is 16.0. The van der Waals surface area contributed by atoms with Gasteiger partial charge in [-0.15, -0.1) is 0 Å². The molecule has 3 aromatic rings. The van der Waals surface area contributed by atoms with Gasteiger partial charge in [-0.25, -0.2) is 4.79 Å². The molecular weight excluding hydrogens is 446 g/mol. The van der Waals surface area contributed by atoms with Crippen LogP contribution in [0.25, 0.3) is 10.9 Å². The first kappa shape index (κ1) is 25.0. The molecule has 4 rings (SSSR count). The number of ether oxygens (including phenoxy) is 3. The lowest BCUT2D eigenvalue weighted by molar-refractivity contribution is 0.0670. The molecule has 0 unspecified atom stereocenters. The normalized spacial score (nSPS) is 14.5. The minimum atomic E-state index is -0.938. The molecule has 0 saturated carbocycles. The molecule has 0 aliphatic carbocycles. The average molecular weight is 482 g/mol. The lowest BCUT2D eigenvalue weighted by Crippen LogP contribution is -2.46. The third kappa shape index (κ3) is 6.75. The molecule has 188 valence electrons. The van der Waals surface area contributed by atoms with Gasteiger partial charge in [-0.1, -0.05) is 24.3 Å². The number of anilines is 1. The van der Waals surface area contributed by atoms with Crippen LogP contribution in [-0.4, -0.2) is 86.8 Å². The summed E-state index contributed by atoms with van der Waals surface area (Å²) >= 11 is 0. The van der Waals surface area contributed by atoms with Crippen molar-refractivity contribution >= 4 is 22.6 Å². The number of methoxy groups -OCH3 is 1. The first-order chi connectivity index (χ1) is 17.2. The lowest BCUT2D eigenvalue weighted by Gasteiger charge is -2.35. The lowest BCUT2D eigenvalue weighted by atomic mass is 10.2. The fourth-order valence-corrected chi connectivity index (χ4v) is 4.48. The maximum atomic E-state index is 11.1. The van der Waals surface area contributed by atoms with Crippen LogP contribution in [0.4, 0.5) is 5.69 Å². The first-order valence-electron chi connectivity index (χ1n) is 12.2. The number of carboxylic acids is 1. The van der Waals surface area contributed by atoms with E-state index in [-0.39, 0.29) is 5.56 Å². The monoisotopic (exact) mass is 481 g/mol. The van der Waals surface area contributed by atoms with E-state index in [9.17, 15) is 4.79 Å². The number of carbonyl (C=O) groups is 1. The zero-order valence-electron chi connectivity index (χ0n) is 20.4. The maximum absolute atomic E-state index is 11.1. The fourth-order valence-electron chi connectivity index (χ4n) is 4.48. The van der Waals surface area contributed by atoms with Gasteiger partial charge < -0.3 is 28.8 Å².